The van der Waals surface area contributed by atoms with Gasteiger partial charge >= 0.3 is 1.43 Å². The molecular formula is H2F2NO5+. The fraction of sp³-hybridized carbons (Fsp3) is 0. The molecule has 0 saturated heterocycles. The van der Waals surface area contributed by atoms with Gasteiger partial charge in [-0.3, -0.25) is 0 Å². The zero-order valence-electron chi connectivity index (χ0n) is 4.28. The van der Waals surface area contributed by atoms with Gasteiger partial charge in [-0.2, -0.15) is 0 Å². The van der Waals surface area contributed by atoms with Crippen molar-refractivity contribution in [1.29, 1.82) is 0 Å². The van der Waals surface area contributed by atoms with E-state index in [0.717, 1.165) is 0 Å². The number of hydrogen-bond donors (Lipinski definition) is 1. The Morgan fingerprint density at radius 2 is 1.75 bits per heavy atom. The van der Waals surface area contributed by atoms with Crippen molar-refractivity contribution in [1.82, 2.24) is 0 Å². The summed E-state index contributed by atoms with van der Waals surface area (Å²) in [5.41, 5.74) is 0. The lowest BCUT2D eigenvalue weighted by atomic mass is 13.1. The molecule has 1 N–H and O–H groups in total. The van der Waals surface area contributed by atoms with Gasteiger partial charge in [0.25, 0.3) is 5.09 Å². The Balaban J connectivity index is -0.0000000720. The predicted octanol–water partition coefficient (Wildman–Crippen LogP) is 0.468. The van der Waals surface area contributed by atoms with Gasteiger partial charge in [-0.1, -0.05) is 0 Å². The maximum Gasteiger partial charge on any atom is 1.00 e. The van der Waals surface area contributed by atoms with Crippen LogP contribution in [0.1, 0.15) is 1.43 Å². The molecular weight excluding hydrogens is 132 g/mol. The Labute approximate surface area is 42.6 Å². The Morgan fingerprint density at radius 1 is 1.62 bits per heavy atom. The largest absolute Gasteiger partial charge is 1.00 e. The first-order chi connectivity index (χ1) is 3.65. The van der Waals surface area contributed by atoms with Gasteiger partial charge in [0.2, 0.25) is 0 Å². The quantitative estimate of drug-likeness (QED) is 0.320. The lowest BCUT2D eigenvalue weighted by molar-refractivity contribution is -0.742. The molecule has 0 aliphatic rings. The maximum absolute atomic E-state index is 9.62. The molecule has 0 rings (SSSR count). The van der Waals surface area contributed by atoms with E-state index >= 15 is 0 Å². The third-order valence-electron chi connectivity index (χ3n) is 0.0238. The standard InChI is InChI=1S/F2O2.HNO3/c1-3-4-2;2-1(3)4/h;(H,2,3,4)/p+1. The second-order valence-corrected chi connectivity index (χ2v) is 0.364. The minimum atomic E-state index is -1.50. The van der Waals surface area contributed by atoms with E-state index in [0.29, 0.717) is 0 Å². The van der Waals surface area contributed by atoms with Crippen LogP contribution in [0.4, 0.5) is 9.05 Å². The molecule has 6 nitrogen and oxygen atoms in total. The SMILES string of the molecule is FOOF.O=[N+]([O-])O.[H+]. The van der Waals surface area contributed by atoms with E-state index in [1.807, 2.05) is 10.2 Å². The first kappa shape index (κ1) is 10.1. The van der Waals surface area contributed by atoms with Crippen molar-refractivity contribution in [3.05, 3.63) is 10.1 Å². The summed E-state index contributed by atoms with van der Waals surface area (Å²) >= 11 is 0. The van der Waals surface area contributed by atoms with Crippen molar-refractivity contribution in [3.8, 4) is 0 Å². The van der Waals surface area contributed by atoms with Crippen molar-refractivity contribution in [2.24, 2.45) is 0 Å². The second kappa shape index (κ2) is 9.36. The van der Waals surface area contributed by atoms with Crippen LogP contribution in [0.5, 0.6) is 0 Å². The summed E-state index contributed by atoms with van der Waals surface area (Å²) in [4.78, 5) is 8.36. The van der Waals surface area contributed by atoms with Crippen LogP contribution in [-0.2, 0) is 10.2 Å². The maximum atomic E-state index is 9.62. The molecule has 0 amide bonds. The second-order valence-electron chi connectivity index (χ2n) is 0.364. The van der Waals surface area contributed by atoms with Gasteiger partial charge in [0, 0.05) is 10.2 Å². The van der Waals surface area contributed by atoms with E-state index in [9.17, 15) is 9.05 Å². The lowest BCUT2D eigenvalue weighted by Crippen LogP contribution is -1.81. The zero-order chi connectivity index (χ0) is 6.99. The highest BCUT2D eigenvalue weighted by Crippen LogP contribution is 1.71. The Morgan fingerprint density at radius 3 is 1.75 bits per heavy atom. The molecule has 0 atom stereocenters. The van der Waals surface area contributed by atoms with Crippen LogP contribution in [0, 0.1) is 10.1 Å². The molecule has 0 aromatic rings. The normalized spacial score (nSPS) is 6.75. The number of rotatable bonds is 1. The van der Waals surface area contributed by atoms with Crippen LogP contribution >= 0.6 is 0 Å². The third-order valence-corrected chi connectivity index (χ3v) is 0.0238. The number of hydrogen-bond acceptors (Lipinski definition) is 4. The molecule has 0 bridgehead atoms. The molecule has 0 heterocycles. The van der Waals surface area contributed by atoms with Crippen LogP contribution in [0.2, 0.25) is 0 Å². The van der Waals surface area contributed by atoms with Crippen molar-refractivity contribution in [3.63, 3.8) is 0 Å². The molecule has 50 valence electrons. The summed E-state index contributed by atoms with van der Waals surface area (Å²) in [6.45, 7) is 0. The molecule has 0 spiro atoms. The fourth-order valence-corrected chi connectivity index (χ4v) is 0. The predicted molar refractivity (Wildman–Crippen MR) is 14.3 cm³/mol. The van der Waals surface area contributed by atoms with Crippen molar-refractivity contribution < 1.29 is 31.0 Å². The minimum Gasteiger partial charge on any atom is -0.328 e. The summed E-state index contributed by atoms with van der Waals surface area (Å²) in [7, 11) is 0. The minimum absolute atomic E-state index is 0. The smallest absolute Gasteiger partial charge is 0.328 e. The fourth-order valence-electron chi connectivity index (χ4n) is 0. The van der Waals surface area contributed by atoms with Gasteiger partial charge in [-0.25, -0.2) is 0 Å². The monoisotopic (exact) mass is 134 g/mol. The first-order valence-corrected chi connectivity index (χ1v) is 1.04. The molecule has 0 aliphatic carbocycles. The molecule has 0 unspecified atom stereocenters. The van der Waals surface area contributed by atoms with E-state index < -0.39 is 5.09 Å². The van der Waals surface area contributed by atoms with Crippen molar-refractivity contribution >= 4 is 0 Å². The molecule has 8 heteroatoms. The molecule has 0 saturated carbocycles. The molecule has 0 aromatic carbocycles. The average Bonchev–Trinajstić information content (AvgIpc) is 1.65. The van der Waals surface area contributed by atoms with Gasteiger partial charge in [0.05, 0.1) is 0 Å². The first-order valence-electron chi connectivity index (χ1n) is 1.04. The van der Waals surface area contributed by atoms with Crippen LogP contribution in [0.3, 0.4) is 0 Å². The summed E-state index contributed by atoms with van der Waals surface area (Å²) < 4.78 is 19.2. The Hall–Kier alpha value is -1.02. The lowest BCUT2D eigenvalue weighted by Gasteiger charge is -1.61. The molecule has 0 radical (unpaired) electrons. The van der Waals surface area contributed by atoms with Gasteiger partial charge in [0.1, 0.15) is 0 Å². The summed E-state index contributed by atoms with van der Waals surface area (Å²) in [6.07, 6.45) is 0. The molecule has 0 aliphatic heterocycles. The van der Waals surface area contributed by atoms with Crippen molar-refractivity contribution in [2.45, 2.75) is 0 Å². The zero-order valence-corrected chi connectivity index (χ0v) is 3.28. The van der Waals surface area contributed by atoms with E-state index in [4.69, 9.17) is 15.3 Å². The Kier molecular flexibility index (Phi) is 11.8. The van der Waals surface area contributed by atoms with Crippen LogP contribution in [0.15, 0.2) is 0 Å². The number of halogens is 2. The van der Waals surface area contributed by atoms with Gasteiger partial charge < -0.3 is 5.21 Å². The topological polar surface area (TPSA) is 81.8 Å². The summed E-state index contributed by atoms with van der Waals surface area (Å²) in [5.74, 6) is 0. The molecule has 8 heavy (non-hydrogen) atoms. The highest BCUT2D eigenvalue weighted by molar-refractivity contribution is 3.83. The Bertz CT molecular complexity index is 52.9. The van der Waals surface area contributed by atoms with Crippen LogP contribution < -0.4 is 0 Å². The van der Waals surface area contributed by atoms with E-state index in [2.05, 4.69) is 0 Å². The van der Waals surface area contributed by atoms with Gasteiger partial charge in [-0.15, -0.1) is 10.1 Å². The summed E-state index contributed by atoms with van der Waals surface area (Å²) in [5, 5.41) is 17.4. The van der Waals surface area contributed by atoms with Crippen molar-refractivity contribution in [2.75, 3.05) is 0 Å². The molecule has 0 aromatic heterocycles. The van der Waals surface area contributed by atoms with E-state index in [1.54, 1.807) is 0 Å². The van der Waals surface area contributed by atoms with Gasteiger partial charge in [0.15, 0.2) is 0 Å². The van der Waals surface area contributed by atoms with Crippen LogP contribution in [-0.4, -0.2) is 10.3 Å². The highest BCUT2D eigenvalue weighted by atomic mass is 19.4. The van der Waals surface area contributed by atoms with Gasteiger partial charge in [-0.05, 0) is 9.05 Å². The summed E-state index contributed by atoms with van der Waals surface area (Å²) in [6, 6.07) is 0. The number of nitrogens with zero attached hydrogens (tertiary/aromatic N) is 1. The molecule has 0 fully saturated rings. The average molecular weight is 134 g/mol. The third kappa shape index (κ3) is 197000. The van der Waals surface area contributed by atoms with Crippen LogP contribution in [0.25, 0.3) is 0 Å². The van der Waals surface area contributed by atoms with E-state index in [1.165, 1.54) is 0 Å². The van der Waals surface area contributed by atoms with E-state index in [-0.39, 0.29) is 1.43 Å². The highest BCUT2D eigenvalue weighted by Gasteiger charge is 1.65.